The number of benzene rings is 1. The second-order valence-electron chi connectivity index (χ2n) is 7.24. The fraction of sp³-hybridized carbons (Fsp3) is 0.600. The lowest BCUT2D eigenvalue weighted by atomic mass is 10.2. The maximum atomic E-state index is 13.0. The van der Waals surface area contributed by atoms with Gasteiger partial charge in [-0.15, -0.1) is 0 Å². The maximum absolute atomic E-state index is 13.0. The lowest BCUT2D eigenvalue weighted by molar-refractivity contribution is -0.144. The van der Waals surface area contributed by atoms with Gasteiger partial charge in [0, 0.05) is 32.6 Å². The molecule has 1 aromatic carbocycles. The molecule has 2 heterocycles. The number of nitrogens with zero attached hydrogens (tertiary/aromatic N) is 2. The third kappa shape index (κ3) is 5.50. The summed E-state index contributed by atoms with van der Waals surface area (Å²) in [5, 5.41) is 2.80. The van der Waals surface area contributed by atoms with Crippen molar-refractivity contribution in [3.63, 3.8) is 0 Å². The highest BCUT2D eigenvalue weighted by Gasteiger charge is 2.28. The largest absolute Gasteiger partial charge is 0.466 e. The summed E-state index contributed by atoms with van der Waals surface area (Å²) in [7, 11) is -3.68. The van der Waals surface area contributed by atoms with Gasteiger partial charge in [-0.1, -0.05) is 0 Å². The number of carbonyl (C=O) groups excluding carboxylic acids is 2. The molecule has 0 unspecified atom stereocenters. The van der Waals surface area contributed by atoms with Crippen LogP contribution in [0.1, 0.15) is 32.6 Å². The van der Waals surface area contributed by atoms with Crippen molar-refractivity contribution in [2.24, 2.45) is 0 Å². The van der Waals surface area contributed by atoms with Crippen LogP contribution in [0.4, 0.5) is 11.4 Å². The van der Waals surface area contributed by atoms with Gasteiger partial charge in [0.25, 0.3) is 0 Å². The van der Waals surface area contributed by atoms with Crippen molar-refractivity contribution < 1.29 is 27.5 Å². The number of hydrogen-bond acceptors (Lipinski definition) is 7. The molecule has 2 saturated heterocycles. The van der Waals surface area contributed by atoms with E-state index in [0.717, 1.165) is 31.6 Å². The molecule has 3 rings (SSSR count). The monoisotopic (exact) mass is 439 g/mol. The summed E-state index contributed by atoms with van der Waals surface area (Å²) in [6, 6.07) is 4.85. The Kier molecular flexibility index (Phi) is 7.68. The summed E-state index contributed by atoms with van der Waals surface area (Å²) in [6.45, 7) is 5.00. The summed E-state index contributed by atoms with van der Waals surface area (Å²) in [6.07, 6.45) is 2.04. The molecule has 2 aliphatic rings. The van der Waals surface area contributed by atoms with Crippen LogP contribution in [0, 0.1) is 0 Å². The molecule has 166 valence electrons. The molecule has 0 aromatic heterocycles. The lowest BCUT2D eigenvalue weighted by Gasteiger charge is -2.27. The fourth-order valence-electron chi connectivity index (χ4n) is 3.61. The predicted octanol–water partition coefficient (Wildman–Crippen LogP) is 1.59. The van der Waals surface area contributed by atoms with E-state index >= 15 is 0 Å². The van der Waals surface area contributed by atoms with Crippen LogP contribution in [-0.4, -0.2) is 70.6 Å². The molecule has 2 fully saturated rings. The molecule has 0 radical (unpaired) electrons. The normalized spacial score (nSPS) is 17.7. The zero-order valence-corrected chi connectivity index (χ0v) is 18.1. The van der Waals surface area contributed by atoms with E-state index in [9.17, 15) is 18.0 Å². The Morgan fingerprint density at radius 2 is 1.80 bits per heavy atom. The van der Waals surface area contributed by atoms with E-state index in [-0.39, 0.29) is 30.3 Å². The van der Waals surface area contributed by atoms with Gasteiger partial charge in [-0.05, 0) is 38.0 Å². The summed E-state index contributed by atoms with van der Waals surface area (Å²) >= 11 is 0. The molecule has 0 atom stereocenters. The van der Waals surface area contributed by atoms with Crippen LogP contribution in [0.5, 0.6) is 0 Å². The molecule has 0 saturated carbocycles. The highest BCUT2D eigenvalue weighted by molar-refractivity contribution is 7.89. The Labute approximate surface area is 177 Å². The molecule has 0 bridgehead atoms. The number of anilines is 2. The predicted molar refractivity (Wildman–Crippen MR) is 112 cm³/mol. The standard InChI is InChI=1S/C20H29N3O6S/c1-2-29-20(25)8-7-19(24)21-17-15-16(5-6-18(17)22-9-3-4-10-22)30(26,27)23-11-13-28-14-12-23/h5-6,15H,2-4,7-14H2,1H3,(H,21,24). The van der Waals surface area contributed by atoms with E-state index < -0.39 is 16.0 Å². The third-order valence-corrected chi connectivity index (χ3v) is 7.05. The quantitative estimate of drug-likeness (QED) is 0.613. The molecule has 9 nitrogen and oxygen atoms in total. The molecule has 0 spiro atoms. The Morgan fingerprint density at radius 3 is 2.47 bits per heavy atom. The molecular formula is C20H29N3O6S. The van der Waals surface area contributed by atoms with Gasteiger partial charge in [0.05, 0.1) is 42.5 Å². The number of amides is 1. The van der Waals surface area contributed by atoms with Crippen LogP contribution in [0.2, 0.25) is 0 Å². The van der Waals surface area contributed by atoms with Gasteiger partial charge in [0.1, 0.15) is 0 Å². The lowest BCUT2D eigenvalue weighted by Crippen LogP contribution is -2.40. The molecule has 30 heavy (non-hydrogen) atoms. The van der Waals surface area contributed by atoms with Crippen LogP contribution < -0.4 is 10.2 Å². The molecule has 2 aliphatic heterocycles. The number of nitrogens with one attached hydrogen (secondary N) is 1. The first-order chi connectivity index (χ1) is 14.4. The van der Waals surface area contributed by atoms with E-state index in [0.29, 0.717) is 32.0 Å². The van der Waals surface area contributed by atoms with Gasteiger partial charge < -0.3 is 19.7 Å². The van der Waals surface area contributed by atoms with Gasteiger partial charge in [-0.3, -0.25) is 9.59 Å². The molecular weight excluding hydrogens is 410 g/mol. The second-order valence-corrected chi connectivity index (χ2v) is 9.18. The molecule has 0 aliphatic carbocycles. The van der Waals surface area contributed by atoms with Crippen LogP contribution in [0.25, 0.3) is 0 Å². The number of hydrogen-bond donors (Lipinski definition) is 1. The van der Waals surface area contributed by atoms with Crippen LogP contribution in [-0.2, 0) is 29.1 Å². The average Bonchev–Trinajstić information content (AvgIpc) is 3.28. The zero-order valence-electron chi connectivity index (χ0n) is 17.3. The Hall–Kier alpha value is -2.17. The first-order valence-electron chi connectivity index (χ1n) is 10.3. The summed E-state index contributed by atoms with van der Waals surface area (Å²) < 4.78 is 37.6. The van der Waals surface area contributed by atoms with Crippen LogP contribution in [0.3, 0.4) is 0 Å². The van der Waals surface area contributed by atoms with Crippen molar-refractivity contribution in [1.29, 1.82) is 0 Å². The molecule has 1 aromatic rings. The fourth-order valence-corrected chi connectivity index (χ4v) is 5.04. The maximum Gasteiger partial charge on any atom is 0.306 e. The van der Waals surface area contributed by atoms with Crippen molar-refractivity contribution in [3.05, 3.63) is 18.2 Å². The minimum atomic E-state index is -3.68. The Morgan fingerprint density at radius 1 is 1.10 bits per heavy atom. The van der Waals surface area contributed by atoms with Gasteiger partial charge in [-0.25, -0.2) is 8.42 Å². The number of rotatable bonds is 8. The first kappa shape index (κ1) is 22.5. The van der Waals surface area contributed by atoms with Crippen molar-refractivity contribution in [3.8, 4) is 0 Å². The first-order valence-corrected chi connectivity index (χ1v) is 11.8. The van der Waals surface area contributed by atoms with E-state index in [4.69, 9.17) is 9.47 Å². The number of carbonyl (C=O) groups is 2. The van der Waals surface area contributed by atoms with Crippen molar-refractivity contribution in [2.45, 2.75) is 37.5 Å². The van der Waals surface area contributed by atoms with Crippen molar-refractivity contribution in [1.82, 2.24) is 4.31 Å². The minimum Gasteiger partial charge on any atom is -0.466 e. The van der Waals surface area contributed by atoms with Gasteiger partial charge in [0.15, 0.2) is 0 Å². The number of morpholine rings is 1. The van der Waals surface area contributed by atoms with Gasteiger partial charge in [-0.2, -0.15) is 4.31 Å². The number of esters is 1. The molecule has 1 amide bonds. The van der Waals surface area contributed by atoms with Crippen LogP contribution >= 0.6 is 0 Å². The van der Waals surface area contributed by atoms with Crippen LogP contribution in [0.15, 0.2) is 23.1 Å². The zero-order chi connectivity index (χ0) is 21.6. The van der Waals surface area contributed by atoms with Gasteiger partial charge in [0.2, 0.25) is 15.9 Å². The summed E-state index contributed by atoms with van der Waals surface area (Å²) in [5.74, 6) is -0.791. The van der Waals surface area contributed by atoms with E-state index in [2.05, 4.69) is 10.2 Å². The summed E-state index contributed by atoms with van der Waals surface area (Å²) in [5.41, 5.74) is 1.23. The van der Waals surface area contributed by atoms with Crippen molar-refractivity contribution >= 4 is 33.3 Å². The Balaban J connectivity index is 1.81. The number of sulfonamides is 1. The highest BCUT2D eigenvalue weighted by Crippen LogP contribution is 2.32. The Bertz CT molecular complexity index is 861. The third-order valence-electron chi connectivity index (χ3n) is 5.16. The SMILES string of the molecule is CCOC(=O)CCC(=O)Nc1cc(S(=O)(=O)N2CCOCC2)ccc1N1CCCC1. The molecule has 1 N–H and O–H groups in total. The van der Waals surface area contributed by atoms with E-state index in [1.165, 1.54) is 10.4 Å². The van der Waals surface area contributed by atoms with Crippen molar-refractivity contribution in [2.75, 3.05) is 56.2 Å². The van der Waals surface area contributed by atoms with E-state index in [1.54, 1.807) is 19.1 Å². The number of ether oxygens (including phenoxy) is 2. The average molecular weight is 440 g/mol. The smallest absolute Gasteiger partial charge is 0.306 e. The minimum absolute atomic E-state index is 0.0233. The van der Waals surface area contributed by atoms with Gasteiger partial charge >= 0.3 is 5.97 Å². The molecule has 10 heteroatoms. The topological polar surface area (TPSA) is 105 Å². The summed E-state index contributed by atoms with van der Waals surface area (Å²) in [4.78, 5) is 26.2. The second kappa shape index (κ2) is 10.2. The highest BCUT2D eigenvalue weighted by atomic mass is 32.2. The van der Waals surface area contributed by atoms with E-state index in [1.807, 2.05) is 0 Å².